The van der Waals surface area contributed by atoms with Crippen molar-refractivity contribution < 1.29 is 13.2 Å². The number of pyridine rings is 1. The number of hydrogen-bond donors (Lipinski definition) is 1. The zero-order valence-electron chi connectivity index (χ0n) is 10.1. The fraction of sp³-hybridized carbons (Fsp3) is 0.333. The fourth-order valence-electron chi connectivity index (χ4n) is 2.30. The number of carbonyl (C=O) groups is 1. The number of hydrogen-bond acceptors (Lipinski definition) is 4. The smallest absolute Gasteiger partial charge is 0.268 e. The predicted octanol–water partition coefficient (Wildman–Crippen LogP) is 0.251. The van der Waals surface area contributed by atoms with Crippen LogP contribution in [-0.2, 0) is 9.84 Å². The summed E-state index contributed by atoms with van der Waals surface area (Å²) in [6.45, 7) is 0. The summed E-state index contributed by atoms with van der Waals surface area (Å²) in [7, 11) is -2.99. The number of aromatic nitrogens is 2. The van der Waals surface area contributed by atoms with Crippen molar-refractivity contribution in [3.05, 3.63) is 36.3 Å². The Labute approximate surface area is 110 Å². The average Bonchev–Trinajstić information content (AvgIpc) is 2.94. The molecule has 1 unspecified atom stereocenters. The van der Waals surface area contributed by atoms with Gasteiger partial charge in [-0.1, -0.05) is 6.07 Å². The molecule has 2 aromatic rings. The van der Waals surface area contributed by atoms with Gasteiger partial charge in [-0.05, 0) is 18.6 Å². The molecule has 1 aliphatic heterocycles. The Hall–Kier alpha value is -1.89. The molecule has 1 aliphatic rings. The summed E-state index contributed by atoms with van der Waals surface area (Å²) in [6.07, 6.45) is 3.80. The normalized spacial score (nSPS) is 21.6. The monoisotopic (exact) mass is 279 g/mol. The number of nitrogens with one attached hydrogen (secondary N) is 1. The van der Waals surface area contributed by atoms with Crippen molar-refractivity contribution in [2.24, 2.45) is 0 Å². The van der Waals surface area contributed by atoms with Crippen LogP contribution in [0.2, 0.25) is 0 Å². The molecule has 3 rings (SSSR count). The van der Waals surface area contributed by atoms with E-state index in [0.717, 1.165) is 0 Å². The van der Waals surface area contributed by atoms with Gasteiger partial charge in [0.15, 0.2) is 9.84 Å². The van der Waals surface area contributed by atoms with Crippen molar-refractivity contribution in [1.29, 1.82) is 0 Å². The van der Waals surface area contributed by atoms with Crippen LogP contribution >= 0.6 is 0 Å². The molecule has 100 valence electrons. The lowest BCUT2D eigenvalue weighted by atomic mass is 10.2. The lowest BCUT2D eigenvalue weighted by Crippen LogP contribution is -2.36. The molecule has 3 heterocycles. The Balaban J connectivity index is 1.83. The standard InChI is InChI=1S/C12H13N3O3S/c16-12(14-9-4-7-19(17,18)8-9)10-2-1-3-11-13-5-6-15(10)11/h1-3,5-6,9H,4,7-8H2,(H,14,16). The molecule has 6 nitrogen and oxygen atoms in total. The van der Waals surface area contributed by atoms with Crippen molar-refractivity contribution in [2.45, 2.75) is 12.5 Å². The van der Waals surface area contributed by atoms with Gasteiger partial charge in [0.05, 0.1) is 11.5 Å². The summed E-state index contributed by atoms with van der Waals surface area (Å²) in [5, 5.41) is 2.77. The van der Waals surface area contributed by atoms with Gasteiger partial charge in [-0.2, -0.15) is 0 Å². The number of amides is 1. The van der Waals surface area contributed by atoms with Gasteiger partial charge >= 0.3 is 0 Å². The van der Waals surface area contributed by atoms with E-state index in [1.807, 2.05) is 0 Å². The summed E-state index contributed by atoms with van der Waals surface area (Å²) in [5.74, 6) is -0.100. The molecule has 1 atom stereocenters. The van der Waals surface area contributed by atoms with Crippen LogP contribution in [0.4, 0.5) is 0 Å². The summed E-state index contributed by atoms with van der Waals surface area (Å²) < 4.78 is 24.4. The molecule has 0 bridgehead atoms. The third-order valence-electron chi connectivity index (χ3n) is 3.23. The number of rotatable bonds is 2. The maximum absolute atomic E-state index is 12.2. The molecule has 0 spiro atoms. The Kier molecular flexibility index (Phi) is 2.78. The highest BCUT2D eigenvalue weighted by Crippen LogP contribution is 2.13. The van der Waals surface area contributed by atoms with E-state index >= 15 is 0 Å². The lowest BCUT2D eigenvalue weighted by Gasteiger charge is -2.11. The van der Waals surface area contributed by atoms with E-state index in [0.29, 0.717) is 17.8 Å². The fourth-order valence-corrected chi connectivity index (χ4v) is 3.97. The van der Waals surface area contributed by atoms with Crippen molar-refractivity contribution in [2.75, 3.05) is 11.5 Å². The zero-order chi connectivity index (χ0) is 13.5. The molecular weight excluding hydrogens is 266 g/mol. The van der Waals surface area contributed by atoms with Crippen LogP contribution in [0.1, 0.15) is 16.9 Å². The Morgan fingerprint density at radius 1 is 1.42 bits per heavy atom. The van der Waals surface area contributed by atoms with Crippen LogP contribution in [0.3, 0.4) is 0 Å². The van der Waals surface area contributed by atoms with Crippen LogP contribution in [-0.4, -0.2) is 41.3 Å². The second-order valence-electron chi connectivity index (χ2n) is 4.64. The Bertz CT molecular complexity index is 736. The largest absolute Gasteiger partial charge is 0.347 e. The molecule has 2 aromatic heterocycles. The van der Waals surface area contributed by atoms with Crippen molar-refractivity contribution in [3.63, 3.8) is 0 Å². The molecule has 0 aliphatic carbocycles. The molecule has 0 radical (unpaired) electrons. The van der Waals surface area contributed by atoms with Crippen LogP contribution < -0.4 is 5.32 Å². The van der Waals surface area contributed by atoms with E-state index < -0.39 is 9.84 Å². The molecule has 1 fully saturated rings. The van der Waals surface area contributed by atoms with Gasteiger partial charge in [0.1, 0.15) is 11.3 Å². The minimum Gasteiger partial charge on any atom is -0.347 e. The molecule has 0 saturated carbocycles. The Morgan fingerprint density at radius 2 is 2.26 bits per heavy atom. The second kappa shape index (κ2) is 4.34. The van der Waals surface area contributed by atoms with Crippen molar-refractivity contribution in [3.8, 4) is 0 Å². The summed E-state index contributed by atoms with van der Waals surface area (Å²) in [5.41, 5.74) is 1.14. The summed E-state index contributed by atoms with van der Waals surface area (Å²) in [6, 6.07) is 4.95. The number of imidazole rings is 1. The molecular formula is C12H13N3O3S. The molecule has 19 heavy (non-hydrogen) atoms. The number of sulfone groups is 1. The lowest BCUT2D eigenvalue weighted by molar-refractivity contribution is 0.0935. The first kappa shape index (κ1) is 12.2. The first-order valence-corrected chi connectivity index (χ1v) is 7.81. The summed E-state index contributed by atoms with van der Waals surface area (Å²) in [4.78, 5) is 16.3. The van der Waals surface area contributed by atoms with Crippen molar-refractivity contribution >= 4 is 21.4 Å². The van der Waals surface area contributed by atoms with Crippen LogP contribution in [0.15, 0.2) is 30.6 Å². The predicted molar refractivity (Wildman–Crippen MR) is 69.7 cm³/mol. The molecule has 1 saturated heterocycles. The van der Waals surface area contributed by atoms with Crippen molar-refractivity contribution in [1.82, 2.24) is 14.7 Å². The highest BCUT2D eigenvalue weighted by atomic mass is 32.2. The molecule has 1 N–H and O–H groups in total. The Morgan fingerprint density at radius 3 is 3.00 bits per heavy atom. The van der Waals surface area contributed by atoms with E-state index in [1.54, 1.807) is 35.0 Å². The molecule has 0 aromatic carbocycles. The van der Waals surface area contributed by atoms with Gasteiger partial charge in [0, 0.05) is 18.4 Å². The topological polar surface area (TPSA) is 80.5 Å². The van der Waals surface area contributed by atoms with Gasteiger partial charge in [0.2, 0.25) is 0 Å². The maximum Gasteiger partial charge on any atom is 0.268 e. The van der Waals surface area contributed by atoms with E-state index in [9.17, 15) is 13.2 Å². The minimum atomic E-state index is -2.99. The van der Waals surface area contributed by atoms with Crippen LogP contribution in [0, 0.1) is 0 Å². The van der Waals surface area contributed by atoms with Gasteiger partial charge in [-0.25, -0.2) is 13.4 Å². The van der Waals surface area contributed by atoms with E-state index in [1.165, 1.54) is 0 Å². The third-order valence-corrected chi connectivity index (χ3v) is 5.00. The van der Waals surface area contributed by atoms with E-state index in [4.69, 9.17) is 0 Å². The van der Waals surface area contributed by atoms with E-state index in [2.05, 4.69) is 10.3 Å². The quantitative estimate of drug-likeness (QED) is 0.854. The average molecular weight is 279 g/mol. The van der Waals surface area contributed by atoms with Gasteiger partial charge in [-0.15, -0.1) is 0 Å². The zero-order valence-corrected chi connectivity index (χ0v) is 10.9. The molecule has 1 amide bonds. The number of nitrogens with zero attached hydrogens (tertiary/aromatic N) is 2. The van der Waals surface area contributed by atoms with Gasteiger partial charge < -0.3 is 5.32 Å². The third kappa shape index (κ3) is 2.33. The van der Waals surface area contributed by atoms with Crippen LogP contribution in [0.25, 0.3) is 5.65 Å². The first-order chi connectivity index (χ1) is 9.05. The maximum atomic E-state index is 12.2. The number of carbonyl (C=O) groups excluding carboxylic acids is 1. The first-order valence-electron chi connectivity index (χ1n) is 5.98. The number of fused-ring (bicyclic) bond motifs is 1. The minimum absolute atomic E-state index is 0.0264. The van der Waals surface area contributed by atoms with Gasteiger partial charge in [0.25, 0.3) is 5.91 Å². The highest BCUT2D eigenvalue weighted by molar-refractivity contribution is 7.91. The second-order valence-corrected chi connectivity index (χ2v) is 6.87. The summed E-state index contributed by atoms with van der Waals surface area (Å²) >= 11 is 0. The van der Waals surface area contributed by atoms with Crippen LogP contribution in [0.5, 0.6) is 0 Å². The molecule has 7 heteroatoms. The SMILES string of the molecule is O=C(NC1CCS(=O)(=O)C1)c1cccc2nccn12. The highest BCUT2D eigenvalue weighted by Gasteiger charge is 2.29. The van der Waals surface area contributed by atoms with E-state index in [-0.39, 0.29) is 23.5 Å². The van der Waals surface area contributed by atoms with Gasteiger partial charge in [-0.3, -0.25) is 9.20 Å².